The zero-order chi connectivity index (χ0) is 25.0. The molecular weight excluding hydrogens is 583 g/mol. The molecule has 2 aromatic carbocycles. The summed E-state index contributed by atoms with van der Waals surface area (Å²) in [6.45, 7) is 0.389. The standard InChI is InChI=1S/C24H23IN4O5S/c25-20-14-28-21-12-16(11-15(5-7-19(20)21)18-3-1-2-4-22(18)30)27-9-10-29-35(32,33)17-6-8-24(34-26)23(31)13-17/h1-4,6-8,11,13-14,21,27,29-31H,9-10,12,26H2/b16-11+. The molecule has 1 aliphatic heterocycles. The first-order valence-corrected chi connectivity index (χ1v) is 13.2. The molecule has 0 amide bonds. The Hall–Kier alpha value is -3.09. The Balaban J connectivity index is 1.49. The van der Waals surface area contributed by atoms with Crippen LogP contribution in [-0.2, 0) is 10.0 Å². The van der Waals surface area contributed by atoms with E-state index in [1.165, 1.54) is 12.1 Å². The van der Waals surface area contributed by atoms with Crippen LogP contribution in [0.2, 0.25) is 0 Å². The number of benzene rings is 2. The summed E-state index contributed by atoms with van der Waals surface area (Å²) in [6.07, 6.45) is 6.20. The van der Waals surface area contributed by atoms with Crippen molar-refractivity contribution in [2.75, 3.05) is 13.1 Å². The number of phenolic OH excluding ortho intramolecular Hbond substituents is 2. The van der Waals surface area contributed by atoms with Crippen molar-refractivity contribution in [3.8, 4) is 17.2 Å². The van der Waals surface area contributed by atoms with Gasteiger partial charge in [0.1, 0.15) is 5.75 Å². The van der Waals surface area contributed by atoms with E-state index in [4.69, 9.17) is 5.90 Å². The van der Waals surface area contributed by atoms with E-state index in [9.17, 15) is 18.6 Å². The molecular formula is C24H23IN4O5S. The molecule has 35 heavy (non-hydrogen) atoms. The van der Waals surface area contributed by atoms with Crippen LogP contribution in [0.15, 0.2) is 85.1 Å². The van der Waals surface area contributed by atoms with Gasteiger partial charge in [-0.15, -0.1) is 5.73 Å². The van der Waals surface area contributed by atoms with E-state index in [-0.39, 0.29) is 34.7 Å². The average molecular weight is 606 g/mol. The van der Waals surface area contributed by atoms with Crippen LogP contribution in [0, 0.1) is 0 Å². The lowest BCUT2D eigenvalue weighted by molar-refractivity contribution is 0.312. The summed E-state index contributed by atoms with van der Waals surface area (Å²) in [6, 6.07) is 10.6. The lowest BCUT2D eigenvalue weighted by Crippen LogP contribution is -2.32. The van der Waals surface area contributed by atoms with Crippen LogP contribution in [0.3, 0.4) is 0 Å². The van der Waals surface area contributed by atoms with Crippen LogP contribution in [0.5, 0.6) is 17.2 Å². The number of nitrogens with two attached hydrogens (primary N) is 1. The number of phenols is 2. The van der Waals surface area contributed by atoms with Gasteiger partial charge in [-0.1, -0.05) is 18.2 Å². The smallest absolute Gasteiger partial charge is 0.240 e. The van der Waals surface area contributed by atoms with Gasteiger partial charge in [-0.2, -0.15) is 5.90 Å². The van der Waals surface area contributed by atoms with E-state index < -0.39 is 10.0 Å². The number of nitrogens with one attached hydrogen (secondary N) is 2. The molecule has 0 saturated heterocycles. The van der Waals surface area contributed by atoms with Gasteiger partial charge in [0.05, 0.1) is 10.9 Å². The Kier molecular flexibility index (Phi) is 7.63. The van der Waals surface area contributed by atoms with Crippen LogP contribution >= 0.6 is 22.6 Å². The molecule has 2 aromatic rings. The quantitative estimate of drug-likeness (QED) is 0.135. The Bertz CT molecular complexity index is 1410. The summed E-state index contributed by atoms with van der Waals surface area (Å²) in [5.41, 5.74) is 6.49. The van der Waals surface area contributed by atoms with Crippen LogP contribution in [0.25, 0.3) is 5.57 Å². The molecule has 1 aliphatic carbocycles. The van der Waals surface area contributed by atoms with Crippen molar-refractivity contribution in [3.63, 3.8) is 0 Å². The molecule has 1 heterocycles. The lowest BCUT2D eigenvalue weighted by atomic mass is 9.96. The summed E-state index contributed by atoms with van der Waals surface area (Å²) in [4.78, 5) is 8.92. The van der Waals surface area contributed by atoms with E-state index >= 15 is 0 Å². The summed E-state index contributed by atoms with van der Waals surface area (Å²) >= 11 is 2.24. The van der Waals surface area contributed by atoms with Crippen molar-refractivity contribution in [3.05, 3.63) is 80.8 Å². The van der Waals surface area contributed by atoms with E-state index in [1.54, 1.807) is 12.1 Å². The van der Waals surface area contributed by atoms with Crippen molar-refractivity contribution in [1.29, 1.82) is 0 Å². The molecule has 182 valence electrons. The van der Waals surface area contributed by atoms with Crippen LogP contribution in [0.1, 0.15) is 12.0 Å². The molecule has 1 atom stereocenters. The van der Waals surface area contributed by atoms with Gasteiger partial charge in [-0.3, -0.25) is 4.99 Å². The molecule has 4 rings (SSSR count). The van der Waals surface area contributed by atoms with Gasteiger partial charge in [-0.05, 0) is 58.5 Å². The zero-order valence-electron chi connectivity index (χ0n) is 18.4. The number of sulfonamides is 1. The molecule has 9 nitrogen and oxygen atoms in total. The Morgan fingerprint density at radius 1 is 1.17 bits per heavy atom. The number of hydrogen-bond donors (Lipinski definition) is 5. The van der Waals surface area contributed by atoms with Crippen LogP contribution in [0.4, 0.5) is 0 Å². The number of halogens is 1. The third kappa shape index (κ3) is 5.77. The first-order valence-electron chi connectivity index (χ1n) is 10.6. The van der Waals surface area contributed by atoms with Crippen molar-refractivity contribution in [2.45, 2.75) is 17.4 Å². The molecule has 2 aliphatic rings. The normalized spacial score (nSPS) is 18.9. The number of aliphatic imine (C=N–C) groups is 1. The summed E-state index contributed by atoms with van der Waals surface area (Å²) in [5, 5.41) is 23.4. The highest BCUT2D eigenvalue weighted by Gasteiger charge is 2.22. The minimum Gasteiger partial charge on any atom is -0.507 e. The maximum Gasteiger partial charge on any atom is 0.240 e. The molecule has 11 heteroatoms. The fourth-order valence-corrected chi connectivity index (χ4v) is 5.40. The first kappa shape index (κ1) is 25.0. The SMILES string of the molecule is NOc1ccc(S(=O)(=O)NCCN/C2=C/C(c3ccccc3O)=C=CC3=C(I)C=NC3C2)cc1O. The van der Waals surface area contributed by atoms with Gasteiger partial charge in [0.2, 0.25) is 10.0 Å². The second-order valence-corrected chi connectivity index (χ2v) is 10.7. The van der Waals surface area contributed by atoms with Crippen molar-refractivity contribution in [1.82, 2.24) is 10.0 Å². The first-order chi connectivity index (χ1) is 16.8. The number of nitrogens with zero attached hydrogens (tertiary/aromatic N) is 1. The summed E-state index contributed by atoms with van der Waals surface area (Å²) in [7, 11) is -3.86. The molecule has 0 bridgehead atoms. The molecule has 0 aromatic heterocycles. The minimum absolute atomic E-state index is 0.0261. The molecule has 0 radical (unpaired) electrons. The predicted octanol–water partition coefficient (Wildman–Crippen LogP) is 2.89. The highest BCUT2D eigenvalue weighted by molar-refractivity contribution is 14.1. The molecule has 0 spiro atoms. The maximum absolute atomic E-state index is 12.6. The third-order valence-electron chi connectivity index (χ3n) is 5.45. The van der Waals surface area contributed by atoms with Gasteiger partial charge in [-0.25, -0.2) is 13.1 Å². The van der Waals surface area contributed by atoms with Gasteiger partial charge >= 0.3 is 0 Å². The zero-order valence-corrected chi connectivity index (χ0v) is 21.4. The van der Waals surface area contributed by atoms with E-state index in [0.717, 1.165) is 20.9 Å². The van der Waals surface area contributed by atoms with Crippen molar-refractivity contribution in [2.24, 2.45) is 10.9 Å². The number of allylic oxidation sites excluding steroid dienone is 2. The monoisotopic (exact) mass is 606 g/mol. The van der Waals surface area contributed by atoms with E-state index in [2.05, 4.69) is 48.2 Å². The molecule has 0 fully saturated rings. The highest BCUT2D eigenvalue weighted by Crippen LogP contribution is 2.32. The molecule has 6 N–H and O–H groups in total. The van der Waals surface area contributed by atoms with Crippen molar-refractivity contribution >= 4 is 44.4 Å². The fraction of sp³-hybridized carbons (Fsp3) is 0.167. The Morgan fingerprint density at radius 2 is 1.97 bits per heavy atom. The summed E-state index contributed by atoms with van der Waals surface area (Å²) < 4.78 is 28.7. The van der Waals surface area contributed by atoms with Crippen LogP contribution in [-0.4, -0.2) is 44.0 Å². The third-order valence-corrected chi connectivity index (χ3v) is 7.81. The second kappa shape index (κ2) is 10.7. The molecule has 1 unspecified atom stereocenters. The van der Waals surface area contributed by atoms with Crippen LogP contribution < -0.4 is 20.8 Å². The summed E-state index contributed by atoms with van der Waals surface area (Å²) in [5.74, 6) is 4.76. The number of hydrogen-bond acceptors (Lipinski definition) is 8. The lowest BCUT2D eigenvalue weighted by Gasteiger charge is -2.18. The van der Waals surface area contributed by atoms with Gasteiger partial charge in [0.15, 0.2) is 11.5 Å². The van der Waals surface area contributed by atoms with Gasteiger partial charge < -0.3 is 20.4 Å². The average Bonchev–Trinajstić information content (AvgIpc) is 3.16. The van der Waals surface area contributed by atoms with E-state index in [1.807, 2.05) is 30.5 Å². The predicted molar refractivity (Wildman–Crippen MR) is 142 cm³/mol. The largest absolute Gasteiger partial charge is 0.507 e. The minimum atomic E-state index is -3.86. The van der Waals surface area contributed by atoms with Crippen molar-refractivity contribution < 1.29 is 23.5 Å². The number of para-hydroxylation sites is 1. The van der Waals surface area contributed by atoms with Gasteiger partial charge in [0, 0.05) is 52.2 Å². The van der Waals surface area contributed by atoms with Gasteiger partial charge in [0.25, 0.3) is 0 Å². The Morgan fingerprint density at radius 3 is 2.71 bits per heavy atom. The number of fused-ring (bicyclic) bond motifs is 1. The fourth-order valence-electron chi connectivity index (χ4n) is 3.67. The molecule has 0 saturated carbocycles. The Labute approximate surface area is 216 Å². The maximum atomic E-state index is 12.6. The topological polar surface area (TPSA) is 146 Å². The van der Waals surface area contributed by atoms with E-state index in [0.29, 0.717) is 24.1 Å². The highest BCUT2D eigenvalue weighted by atomic mass is 127. The number of aromatic hydroxyl groups is 2. The second-order valence-electron chi connectivity index (χ2n) is 7.76. The number of rotatable bonds is 8.